The second kappa shape index (κ2) is 6.11. The van der Waals surface area contributed by atoms with Crippen molar-refractivity contribution in [2.75, 3.05) is 13.1 Å². The van der Waals surface area contributed by atoms with Gasteiger partial charge in [-0.3, -0.25) is 14.3 Å². The Labute approximate surface area is 140 Å². The molecule has 1 fully saturated rings. The molecule has 0 radical (unpaired) electrons. The van der Waals surface area contributed by atoms with E-state index in [1.54, 1.807) is 22.8 Å². The highest BCUT2D eigenvalue weighted by Crippen LogP contribution is 2.36. The number of aromatic nitrogens is 2. The third-order valence-electron chi connectivity index (χ3n) is 4.88. The average molecular weight is 327 g/mol. The van der Waals surface area contributed by atoms with Crippen LogP contribution in [0.5, 0.6) is 0 Å². The maximum atomic E-state index is 12.7. The van der Waals surface area contributed by atoms with Gasteiger partial charge in [0.25, 0.3) is 5.91 Å². The number of hydrogen-bond acceptors (Lipinski definition) is 3. The van der Waals surface area contributed by atoms with Crippen LogP contribution in [0.4, 0.5) is 0 Å². The molecule has 0 saturated carbocycles. The van der Waals surface area contributed by atoms with Gasteiger partial charge in [-0.15, -0.1) is 0 Å². The second-order valence-electron chi connectivity index (χ2n) is 6.35. The second-order valence-corrected chi connectivity index (χ2v) is 6.35. The number of rotatable bonds is 3. The van der Waals surface area contributed by atoms with Crippen LogP contribution in [0, 0.1) is 6.92 Å². The number of carbonyl (C=O) groups excluding carboxylic acids is 1. The van der Waals surface area contributed by atoms with Crippen LogP contribution in [0.2, 0.25) is 0 Å². The number of benzene rings is 1. The van der Waals surface area contributed by atoms with Gasteiger partial charge < -0.3 is 10.0 Å². The summed E-state index contributed by atoms with van der Waals surface area (Å²) in [5.74, 6) is -0.897. The number of hydrogen-bond donors (Lipinski definition) is 1. The van der Waals surface area contributed by atoms with E-state index in [-0.39, 0.29) is 5.91 Å². The van der Waals surface area contributed by atoms with Gasteiger partial charge in [0, 0.05) is 26.3 Å². The molecule has 24 heavy (non-hydrogen) atoms. The first kappa shape index (κ1) is 16.2. The zero-order valence-corrected chi connectivity index (χ0v) is 13.9. The summed E-state index contributed by atoms with van der Waals surface area (Å²) in [5.41, 5.74) is 1.17. The number of amides is 1. The molecule has 126 valence electrons. The Hall–Kier alpha value is -2.63. The number of aryl methyl sites for hydroxylation is 2. The first-order valence-electron chi connectivity index (χ1n) is 8.02. The maximum absolute atomic E-state index is 12.7. The molecular weight excluding hydrogens is 306 g/mol. The van der Waals surface area contributed by atoms with Crippen LogP contribution in [0.25, 0.3) is 0 Å². The van der Waals surface area contributed by atoms with Crippen LogP contribution in [-0.2, 0) is 17.3 Å². The van der Waals surface area contributed by atoms with Crippen molar-refractivity contribution in [3.63, 3.8) is 0 Å². The lowest BCUT2D eigenvalue weighted by Crippen LogP contribution is -2.49. The Morgan fingerprint density at radius 3 is 2.29 bits per heavy atom. The van der Waals surface area contributed by atoms with E-state index in [0.29, 0.717) is 37.2 Å². The van der Waals surface area contributed by atoms with Crippen molar-refractivity contribution >= 4 is 11.9 Å². The van der Waals surface area contributed by atoms with E-state index < -0.39 is 11.4 Å². The van der Waals surface area contributed by atoms with E-state index >= 15 is 0 Å². The van der Waals surface area contributed by atoms with Crippen molar-refractivity contribution in [2.24, 2.45) is 7.05 Å². The summed E-state index contributed by atoms with van der Waals surface area (Å²) in [7, 11) is 1.78. The molecule has 0 aliphatic carbocycles. The molecule has 0 atom stereocenters. The molecule has 0 bridgehead atoms. The van der Waals surface area contributed by atoms with Crippen LogP contribution in [0.1, 0.15) is 34.5 Å². The van der Waals surface area contributed by atoms with Gasteiger partial charge in [-0.05, 0) is 25.3 Å². The van der Waals surface area contributed by atoms with E-state index in [9.17, 15) is 14.7 Å². The van der Waals surface area contributed by atoms with Gasteiger partial charge in [-0.1, -0.05) is 30.3 Å². The lowest BCUT2D eigenvalue weighted by Gasteiger charge is -2.39. The molecule has 1 amide bonds. The highest BCUT2D eigenvalue weighted by Gasteiger charge is 2.44. The molecule has 0 spiro atoms. The van der Waals surface area contributed by atoms with Gasteiger partial charge >= 0.3 is 5.97 Å². The largest absolute Gasteiger partial charge is 0.481 e. The zero-order chi connectivity index (χ0) is 17.3. The van der Waals surface area contributed by atoms with Crippen molar-refractivity contribution in [3.8, 4) is 0 Å². The molecular formula is C18H21N3O3. The summed E-state index contributed by atoms with van der Waals surface area (Å²) < 4.78 is 1.62. The fourth-order valence-corrected chi connectivity index (χ4v) is 3.45. The van der Waals surface area contributed by atoms with Crippen LogP contribution in [-0.4, -0.2) is 44.8 Å². The fraction of sp³-hybridized carbons (Fsp3) is 0.389. The molecule has 3 rings (SSSR count). The van der Waals surface area contributed by atoms with Gasteiger partial charge in [-0.2, -0.15) is 5.10 Å². The van der Waals surface area contributed by atoms with Crippen molar-refractivity contribution in [1.29, 1.82) is 0 Å². The van der Waals surface area contributed by atoms with Gasteiger partial charge in [0.2, 0.25) is 0 Å². The zero-order valence-electron chi connectivity index (χ0n) is 13.9. The molecule has 2 heterocycles. The monoisotopic (exact) mass is 327 g/mol. The average Bonchev–Trinajstić information content (AvgIpc) is 2.93. The van der Waals surface area contributed by atoms with Crippen molar-refractivity contribution in [2.45, 2.75) is 25.2 Å². The molecule has 6 heteroatoms. The van der Waals surface area contributed by atoms with Crippen molar-refractivity contribution < 1.29 is 14.7 Å². The first-order valence-corrected chi connectivity index (χ1v) is 8.02. The summed E-state index contributed by atoms with van der Waals surface area (Å²) in [6, 6.07) is 9.31. The van der Waals surface area contributed by atoms with Crippen molar-refractivity contribution in [3.05, 3.63) is 53.3 Å². The highest BCUT2D eigenvalue weighted by atomic mass is 16.4. The molecule has 0 unspecified atom stereocenters. The highest BCUT2D eigenvalue weighted by molar-refractivity contribution is 5.95. The molecule has 1 aliphatic rings. The summed E-state index contributed by atoms with van der Waals surface area (Å²) >= 11 is 0. The quantitative estimate of drug-likeness (QED) is 0.935. The Morgan fingerprint density at radius 2 is 1.79 bits per heavy atom. The number of aliphatic carboxylic acids is 1. The Balaban J connectivity index is 1.80. The molecule has 1 aliphatic heterocycles. The molecule has 1 N–H and O–H groups in total. The van der Waals surface area contributed by atoms with Gasteiger partial charge in [0.1, 0.15) is 0 Å². The predicted molar refractivity (Wildman–Crippen MR) is 88.8 cm³/mol. The van der Waals surface area contributed by atoms with E-state index in [4.69, 9.17) is 0 Å². The minimum Gasteiger partial charge on any atom is -0.481 e. The summed E-state index contributed by atoms with van der Waals surface area (Å²) in [5, 5.41) is 14.0. The van der Waals surface area contributed by atoms with E-state index in [0.717, 1.165) is 5.56 Å². The standard InChI is InChI=1S/C18H21N3O3/c1-13-15(12-20(2)19-13)16(22)21-10-8-18(9-11-21,17(23)24)14-6-4-3-5-7-14/h3-7,12H,8-11H2,1-2H3,(H,23,24). The summed E-state index contributed by atoms with van der Waals surface area (Å²) in [4.78, 5) is 26.4. The fourth-order valence-electron chi connectivity index (χ4n) is 3.45. The van der Waals surface area contributed by atoms with Gasteiger partial charge in [-0.25, -0.2) is 0 Å². The summed E-state index contributed by atoms with van der Waals surface area (Å²) in [6.07, 6.45) is 2.54. The number of carboxylic acid groups (broad SMARTS) is 1. The third-order valence-corrected chi connectivity index (χ3v) is 4.88. The third kappa shape index (κ3) is 2.68. The number of piperidine rings is 1. The van der Waals surface area contributed by atoms with E-state index in [1.807, 2.05) is 37.3 Å². The number of carboxylic acids is 1. The Morgan fingerprint density at radius 1 is 1.17 bits per heavy atom. The number of likely N-dealkylation sites (tertiary alicyclic amines) is 1. The number of carbonyl (C=O) groups is 2. The van der Waals surface area contributed by atoms with Crippen LogP contribution < -0.4 is 0 Å². The first-order chi connectivity index (χ1) is 11.4. The SMILES string of the molecule is Cc1nn(C)cc1C(=O)N1CCC(C(=O)O)(c2ccccc2)CC1. The van der Waals surface area contributed by atoms with Gasteiger partial charge in [0.05, 0.1) is 16.7 Å². The minimum absolute atomic E-state index is 0.0762. The molecule has 1 aromatic carbocycles. The van der Waals surface area contributed by atoms with Crippen LogP contribution in [0.3, 0.4) is 0 Å². The molecule has 1 saturated heterocycles. The summed E-state index contributed by atoms with van der Waals surface area (Å²) in [6.45, 7) is 2.66. The van der Waals surface area contributed by atoms with Crippen LogP contribution >= 0.6 is 0 Å². The molecule has 1 aromatic heterocycles. The smallest absolute Gasteiger partial charge is 0.314 e. The Bertz CT molecular complexity index is 759. The normalized spacial score (nSPS) is 16.8. The Kier molecular flexibility index (Phi) is 4.13. The maximum Gasteiger partial charge on any atom is 0.314 e. The lowest BCUT2D eigenvalue weighted by atomic mass is 9.73. The van der Waals surface area contributed by atoms with Crippen LogP contribution in [0.15, 0.2) is 36.5 Å². The van der Waals surface area contributed by atoms with E-state index in [2.05, 4.69) is 5.10 Å². The number of nitrogens with zero attached hydrogens (tertiary/aromatic N) is 3. The molecule has 2 aromatic rings. The molecule has 6 nitrogen and oxygen atoms in total. The minimum atomic E-state index is -0.915. The topological polar surface area (TPSA) is 75.4 Å². The van der Waals surface area contributed by atoms with E-state index in [1.165, 1.54) is 0 Å². The van der Waals surface area contributed by atoms with Gasteiger partial charge in [0.15, 0.2) is 0 Å². The lowest BCUT2D eigenvalue weighted by molar-refractivity contribution is -0.145. The van der Waals surface area contributed by atoms with Crippen molar-refractivity contribution in [1.82, 2.24) is 14.7 Å². The predicted octanol–water partition coefficient (Wildman–Crippen LogP) is 1.99.